The van der Waals surface area contributed by atoms with Crippen molar-refractivity contribution in [2.24, 2.45) is 0 Å². The zero-order valence-corrected chi connectivity index (χ0v) is 16.4. The maximum absolute atomic E-state index is 12.9. The summed E-state index contributed by atoms with van der Waals surface area (Å²) in [7, 11) is 0. The SMILES string of the molecule is O=C(O)/C=C/C(=O)Nc1ccc2c(=O)n3c(nc2c1)C(=Cc1ccc(Cl)cc1)CC3. The Bertz CT molecular complexity index is 1290. The number of carboxylic acids is 1. The molecule has 3 aromatic rings. The molecule has 1 aliphatic rings. The van der Waals surface area contributed by atoms with Crippen LogP contribution < -0.4 is 10.9 Å². The summed E-state index contributed by atoms with van der Waals surface area (Å²) in [5, 5.41) is 12.3. The number of nitrogens with zero attached hydrogens (tertiary/aromatic N) is 2. The molecular formula is C22H16ClN3O4. The lowest BCUT2D eigenvalue weighted by molar-refractivity contribution is -0.131. The number of fused-ring (bicyclic) bond motifs is 2. The van der Waals surface area contributed by atoms with Crippen molar-refractivity contribution in [3.8, 4) is 0 Å². The summed E-state index contributed by atoms with van der Waals surface area (Å²) in [4.78, 5) is 39.9. The van der Waals surface area contributed by atoms with Crippen LogP contribution in [0.2, 0.25) is 5.02 Å². The normalized spacial score (nSPS) is 14.4. The van der Waals surface area contributed by atoms with Gasteiger partial charge in [-0.2, -0.15) is 0 Å². The summed E-state index contributed by atoms with van der Waals surface area (Å²) in [5.74, 6) is -1.21. The Balaban J connectivity index is 1.71. The van der Waals surface area contributed by atoms with E-state index < -0.39 is 11.9 Å². The number of anilines is 1. The van der Waals surface area contributed by atoms with Crippen LogP contribution in [0, 0.1) is 0 Å². The number of carboxylic acid groups (broad SMARTS) is 1. The molecule has 1 aromatic heterocycles. The van der Waals surface area contributed by atoms with Crippen LogP contribution in [-0.2, 0) is 16.1 Å². The average Bonchev–Trinajstić information content (AvgIpc) is 3.11. The number of allylic oxidation sites excluding steroid dienone is 1. The van der Waals surface area contributed by atoms with Gasteiger partial charge in [0, 0.05) is 29.4 Å². The van der Waals surface area contributed by atoms with Gasteiger partial charge in [0.2, 0.25) is 5.91 Å². The first kappa shape index (κ1) is 19.6. The van der Waals surface area contributed by atoms with Crippen LogP contribution in [0.5, 0.6) is 0 Å². The number of amides is 1. The van der Waals surface area contributed by atoms with Crippen LogP contribution in [0.1, 0.15) is 17.8 Å². The van der Waals surface area contributed by atoms with Gasteiger partial charge >= 0.3 is 5.97 Å². The van der Waals surface area contributed by atoms with Gasteiger partial charge in [0.25, 0.3) is 5.56 Å². The van der Waals surface area contributed by atoms with Crippen LogP contribution in [0.15, 0.2) is 59.4 Å². The molecule has 0 atom stereocenters. The van der Waals surface area contributed by atoms with Crippen LogP contribution >= 0.6 is 11.6 Å². The molecule has 8 heteroatoms. The molecule has 1 amide bonds. The van der Waals surface area contributed by atoms with Crippen molar-refractivity contribution >= 4 is 51.7 Å². The lowest BCUT2D eigenvalue weighted by Gasteiger charge is -2.08. The molecule has 0 unspecified atom stereocenters. The summed E-state index contributed by atoms with van der Waals surface area (Å²) < 4.78 is 1.65. The molecule has 2 heterocycles. The number of carbonyl (C=O) groups excluding carboxylic acids is 1. The molecule has 0 saturated heterocycles. The highest BCUT2D eigenvalue weighted by Gasteiger charge is 2.21. The molecule has 2 N–H and O–H groups in total. The second-order valence-electron chi connectivity index (χ2n) is 6.76. The molecule has 0 bridgehead atoms. The molecule has 0 saturated carbocycles. The highest BCUT2D eigenvalue weighted by Crippen LogP contribution is 2.28. The van der Waals surface area contributed by atoms with Gasteiger partial charge in [0.1, 0.15) is 5.82 Å². The lowest BCUT2D eigenvalue weighted by atomic mass is 10.1. The zero-order valence-electron chi connectivity index (χ0n) is 15.6. The molecule has 0 aliphatic carbocycles. The van der Waals surface area contributed by atoms with E-state index in [2.05, 4.69) is 10.3 Å². The largest absolute Gasteiger partial charge is 0.478 e. The molecule has 0 fully saturated rings. The van der Waals surface area contributed by atoms with Gasteiger partial charge in [0.05, 0.1) is 10.9 Å². The first-order valence-corrected chi connectivity index (χ1v) is 9.51. The predicted molar refractivity (Wildman–Crippen MR) is 115 cm³/mol. The smallest absolute Gasteiger partial charge is 0.328 e. The first-order chi connectivity index (χ1) is 14.4. The van der Waals surface area contributed by atoms with Gasteiger partial charge < -0.3 is 10.4 Å². The standard InChI is InChI=1S/C22H16ClN3O4/c23-15-3-1-13(2-4-15)11-14-9-10-26-21(14)25-18-12-16(5-6-17(18)22(26)30)24-19(27)7-8-20(28)29/h1-8,11-12H,9-10H2,(H,24,27)(H,28,29)/b8-7+,14-11?. The number of benzene rings is 2. The van der Waals surface area contributed by atoms with Gasteiger partial charge in [-0.05, 0) is 54.0 Å². The monoisotopic (exact) mass is 421 g/mol. The number of aromatic nitrogens is 2. The number of rotatable bonds is 4. The van der Waals surface area contributed by atoms with Crippen molar-refractivity contribution in [1.29, 1.82) is 0 Å². The van der Waals surface area contributed by atoms with E-state index in [1.165, 1.54) is 0 Å². The van der Waals surface area contributed by atoms with Crippen molar-refractivity contribution in [3.63, 3.8) is 0 Å². The maximum Gasteiger partial charge on any atom is 0.328 e. The second kappa shape index (κ2) is 7.96. The molecule has 2 aromatic carbocycles. The van der Waals surface area contributed by atoms with Crippen LogP contribution in [0.25, 0.3) is 22.6 Å². The van der Waals surface area contributed by atoms with Crippen molar-refractivity contribution < 1.29 is 14.7 Å². The summed E-state index contributed by atoms with van der Waals surface area (Å²) in [6.07, 6.45) is 4.34. The van der Waals surface area contributed by atoms with Crippen molar-refractivity contribution in [1.82, 2.24) is 9.55 Å². The third kappa shape index (κ3) is 4.01. The average molecular weight is 422 g/mol. The van der Waals surface area contributed by atoms with E-state index in [4.69, 9.17) is 16.7 Å². The number of hydrogen-bond acceptors (Lipinski definition) is 4. The predicted octanol–water partition coefficient (Wildman–Crippen LogP) is 3.57. The quantitative estimate of drug-likeness (QED) is 0.627. The van der Waals surface area contributed by atoms with E-state index in [0.29, 0.717) is 40.4 Å². The van der Waals surface area contributed by atoms with Gasteiger partial charge in [-0.25, -0.2) is 9.78 Å². The molecule has 4 rings (SSSR count). The minimum atomic E-state index is -1.21. The number of nitrogens with one attached hydrogen (secondary N) is 1. The van der Waals surface area contributed by atoms with Crippen molar-refractivity contribution in [2.45, 2.75) is 13.0 Å². The Morgan fingerprint density at radius 1 is 1.13 bits per heavy atom. The molecule has 7 nitrogen and oxygen atoms in total. The van der Waals surface area contributed by atoms with E-state index >= 15 is 0 Å². The molecule has 1 aliphatic heterocycles. The van der Waals surface area contributed by atoms with E-state index in [-0.39, 0.29) is 5.56 Å². The van der Waals surface area contributed by atoms with Crippen molar-refractivity contribution in [3.05, 3.63) is 81.4 Å². The summed E-state index contributed by atoms with van der Waals surface area (Å²) in [6.45, 7) is 0.551. The second-order valence-corrected chi connectivity index (χ2v) is 7.19. The van der Waals surface area contributed by atoms with Crippen molar-refractivity contribution in [2.75, 3.05) is 5.32 Å². The molecule has 30 heavy (non-hydrogen) atoms. The number of carbonyl (C=O) groups is 2. The number of aliphatic carboxylic acids is 1. The Morgan fingerprint density at radius 3 is 2.63 bits per heavy atom. The third-order valence-electron chi connectivity index (χ3n) is 4.70. The van der Waals surface area contributed by atoms with Gasteiger partial charge in [-0.1, -0.05) is 23.7 Å². The Morgan fingerprint density at radius 2 is 1.90 bits per heavy atom. The number of halogens is 1. The lowest BCUT2D eigenvalue weighted by Crippen LogP contribution is -2.21. The number of hydrogen-bond donors (Lipinski definition) is 2. The van der Waals surface area contributed by atoms with E-state index in [0.717, 1.165) is 23.3 Å². The first-order valence-electron chi connectivity index (χ1n) is 9.14. The van der Waals surface area contributed by atoms with Crippen LogP contribution in [-0.4, -0.2) is 26.5 Å². The summed E-state index contributed by atoms with van der Waals surface area (Å²) in [6, 6.07) is 12.2. The molecule has 150 valence electrons. The highest BCUT2D eigenvalue weighted by atomic mass is 35.5. The Hall–Kier alpha value is -3.71. The minimum absolute atomic E-state index is 0.141. The van der Waals surface area contributed by atoms with Gasteiger partial charge in [0.15, 0.2) is 0 Å². The Labute approximate surface area is 175 Å². The van der Waals surface area contributed by atoms with E-state index in [9.17, 15) is 14.4 Å². The fourth-order valence-corrected chi connectivity index (χ4v) is 3.45. The topological polar surface area (TPSA) is 101 Å². The highest BCUT2D eigenvalue weighted by molar-refractivity contribution is 6.30. The van der Waals surface area contributed by atoms with Crippen LogP contribution in [0.4, 0.5) is 5.69 Å². The third-order valence-corrected chi connectivity index (χ3v) is 4.95. The summed E-state index contributed by atoms with van der Waals surface area (Å²) in [5.41, 5.74) is 2.63. The fraction of sp³-hybridized carbons (Fsp3) is 0.0909. The molecular weight excluding hydrogens is 406 g/mol. The minimum Gasteiger partial charge on any atom is -0.478 e. The zero-order chi connectivity index (χ0) is 21.3. The van der Waals surface area contributed by atoms with E-state index in [1.54, 1.807) is 34.9 Å². The van der Waals surface area contributed by atoms with Crippen LogP contribution in [0.3, 0.4) is 0 Å². The Kier molecular flexibility index (Phi) is 5.20. The van der Waals surface area contributed by atoms with E-state index in [1.807, 2.05) is 18.2 Å². The fourth-order valence-electron chi connectivity index (χ4n) is 3.32. The summed E-state index contributed by atoms with van der Waals surface area (Å²) >= 11 is 5.94. The van der Waals surface area contributed by atoms with Gasteiger partial charge in [-0.3, -0.25) is 14.2 Å². The van der Waals surface area contributed by atoms with Gasteiger partial charge in [-0.15, -0.1) is 0 Å². The molecule has 0 spiro atoms. The maximum atomic E-state index is 12.9. The molecule has 0 radical (unpaired) electrons.